The molecule has 0 spiro atoms. The minimum absolute atomic E-state index is 0.0326. The highest BCUT2D eigenvalue weighted by molar-refractivity contribution is 5.79. The summed E-state index contributed by atoms with van der Waals surface area (Å²) < 4.78 is 5.68. The quantitative estimate of drug-likeness (QED) is 0.696. The van der Waals surface area contributed by atoms with Crippen LogP contribution in [-0.2, 0) is 9.53 Å². The van der Waals surface area contributed by atoms with Crippen LogP contribution in [0.4, 0.5) is 0 Å². The number of hydrogen-bond donors (Lipinski definition) is 2. The Kier molecular flexibility index (Phi) is 4.29. The lowest BCUT2D eigenvalue weighted by Gasteiger charge is -2.44. The first-order valence-corrected chi connectivity index (χ1v) is 5.71. The molecule has 3 N–H and O–H groups in total. The van der Waals surface area contributed by atoms with Gasteiger partial charge in [-0.2, -0.15) is 0 Å². The molecule has 5 heteroatoms. The fourth-order valence-corrected chi connectivity index (χ4v) is 2.31. The van der Waals surface area contributed by atoms with Crippen LogP contribution in [0.15, 0.2) is 0 Å². The number of amides is 1. The van der Waals surface area contributed by atoms with E-state index in [9.17, 15) is 4.79 Å². The van der Waals surface area contributed by atoms with E-state index < -0.39 is 0 Å². The van der Waals surface area contributed by atoms with Gasteiger partial charge < -0.3 is 15.6 Å². The molecule has 0 aromatic heterocycles. The fraction of sp³-hybridized carbons (Fsp3) is 0.909. The zero-order valence-electron chi connectivity index (χ0n) is 10.3. The molecule has 0 aliphatic carbocycles. The summed E-state index contributed by atoms with van der Waals surface area (Å²) in [4.78, 5) is 13.3. The number of nitrogens with two attached hydrogens (primary N) is 1. The number of morpholine rings is 1. The van der Waals surface area contributed by atoms with Gasteiger partial charge >= 0.3 is 0 Å². The van der Waals surface area contributed by atoms with Gasteiger partial charge in [0, 0.05) is 13.1 Å². The van der Waals surface area contributed by atoms with Crippen molar-refractivity contribution < 1.29 is 14.6 Å². The third-order valence-electron chi connectivity index (χ3n) is 2.87. The molecular weight excluding hydrogens is 208 g/mol. The van der Waals surface area contributed by atoms with Crippen molar-refractivity contribution in [2.75, 3.05) is 19.7 Å². The Balaban J connectivity index is 2.75. The Morgan fingerprint density at radius 3 is 2.75 bits per heavy atom. The van der Waals surface area contributed by atoms with Crippen molar-refractivity contribution in [2.24, 2.45) is 5.73 Å². The lowest BCUT2D eigenvalue weighted by molar-refractivity contribution is -0.161. The van der Waals surface area contributed by atoms with Crippen molar-refractivity contribution in [3.05, 3.63) is 0 Å². The number of aliphatic hydroxyl groups excluding tert-OH is 1. The van der Waals surface area contributed by atoms with Gasteiger partial charge in [-0.1, -0.05) is 6.92 Å². The van der Waals surface area contributed by atoms with E-state index in [1.54, 1.807) is 0 Å². The number of hydrogen-bond acceptors (Lipinski definition) is 4. The zero-order chi connectivity index (χ0) is 12.3. The highest BCUT2D eigenvalue weighted by Gasteiger charge is 2.37. The maximum absolute atomic E-state index is 11.3. The molecule has 5 nitrogen and oxygen atoms in total. The average molecular weight is 230 g/mol. The van der Waals surface area contributed by atoms with Crippen molar-refractivity contribution in [1.82, 2.24) is 4.90 Å². The molecule has 1 aliphatic rings. The molecule has 1 saturated heterocycles. The van der Waals surface area contributed by atoms with Gasteiger partial charge in [0.05, 0.1) is 24.4 Å². The highest BCUT2D eigenvalue weighted by atomic mass is 16.5. The number of ether oxygens (including phenoxy) is 1. The molecular formula is C11H22N2O3. The lowest BCUT2D eigenvalue weighted by Crippen LogP contribution is -2.59. The van der Waals surface area contributed by atoms with Crippen LogP contribution in [-0.4, -0.2) is 53.4 Å². The number of carbonyl (C=O) groups excluding carboxylic acids is 1. The molecule has 1 rings (SSSR count). The summed E-state index contributed by atoms with van der Waals surface area (Å²) in [5.41, 5.74) is 5.02. The summed E-state index contributed by atoms with van der Waals surface area (Å²) in [5.74, 6) is -0.308. The molecule has 0 aromatic carbocycles. The molecule has 1 amide bonds. The lowest BCUT2D eigenvalue weighted by atomic mass is 10.0. The van der Waals surface area contributed by atoms with E-state index in [-0.39, 0.29) is 30.3 Å². The van der Waals surface area contributed by atoms with Crippen molar-refractivity contribution >= 4 is 5.91 Å². The van der Waals surface area contributed by atoms with Gasteiger partial charge in [-0.3, -0.25) is 9.69 Å². The molecule has 0 radical (unpaired) electrons. The minimum Gasteiger partial charge on any atom is -0.394 e. The molecule has 1 aliphatic heterocycles. The fourth-order valence-electron chi connectivity index (χ4n) is 2.31. The summed E-state index contributed by atoms with van der Waals surface area (Å²) in [5, 5.41) is 9.17. The van der Waals surface area contributed by atoms with Crippen LogP contribution in [0.5, 0.6) is 0 Å². The van der Waals surface area contributed by atoms with Crippen LogP contribution in [0, 0.1) is 0 Å². The summed E-state index contributed by atoms with van der Waals surface area (Å²) in [7, 11) is 0. The summed E-state index contributed by atoms with van der Waals surface area (Å²) in [6.07, 6.45) is 0.445. The predicted molar refractivity (Wildman–Crippen MR) is 60.9 cm³/mol. The normalized spacial score (nSPS) is 27.6. The van der Waals surface area contributed by atoms with Crippen molar-refractivity contribution in [3.63, 3.8) is 0 Å². The Morgan fingerprint density at radius 1 is 1.69 bits per heavy atom. The van der Waals surface area contributed by atoms with Crippen molar-refractivity contribution in [3.8, 4) is 0 Å². The van der Waals surface area contributed by atoms with Crippen LogP contribution < -0.4 is 5.73 Å². The third kappa shape index (κ3) is 3.17. The van der Waals surface area contributed by atoms with Crippen LogP contribution in [0.25, 0.3) is 0 Å². The van der Waals surface area contributed by atoms with Gasteiger partial charge in [-0.15, -0.1) is 0 Å². The highest BCUT2D eigenvalue weighted by Crippen LogP contribution is 2.23. The Hall–Kier alpha value is -0.650. The van der Waals surface area contributed by atoms with E-state index in [0.717, 1.165) is 0 Å². The monoisotopic (exact) mass is 230 g/mol. The zero-order valence-corrected chi connectivity index (χ0v) is 10.3. The first-order valence-electron chi connectivity index (χ1n) is 5.71. The van der Waals surface area contributed by atoms with E-state index in [1.807, 2.05) is 25.7 Å². The number of carbonyl (C=O) groups is 1. The molecule has 1 fully saturated rings. The topological polar surface area (TPSA) is 75.8 Å². The second kappa shape index (κ2) is 5.12. The molecule has 0 saturated carbocycles. The van der Waals surface area contributed by atoms with Gasteiger partial charge in [0.25, 0.3) is 0 Å². The first-order chi connectivity index (χ1) is 7.39. The number of aliphatic hydroxyl groups is 1. The Labute approximate surface area is 96.6 Å². The summed E-state index contributed by atoms with van der Waals surface area (Å²) in [6, 6.07) is -0.266. The van der Waals surface area contributed by atoms with Gasteiger partial charge in [0.1, 0.15) is 0 Å². The molecule has 1 heterocycles. The molecule has 0 aromatic rings. The number of primary amides is 1. The minimum atomic E-state index is -0.353. The van der Waals surface area contributed by atoms with E-state index in [4.69, 9.17) is 15.6 Å². The third-order valence-corrected chi connectivity index (χ3v) is 2.87. The number of nitrogens with zero attached hydrogens (tertiary/aromatic N) is 1. The second-order valence-corrected chi connectivity index (χ2v) is 4.94. The van der Waals surface area contributed by atoms with E-state index in [0.29, 0.717) is 19.5 Å². The smallest absolute Gasteiger partial charge is 0.234 e. The van der Waals surface area contributed by atoms with Crippen molar-refractivity contribution in [2.45, 2.75) is 44.9 Å². The summed E-state index contributed by atoms with van der Waals surface area (Å²) >= 11 is 0. The van der Waals surface area contributed by atoms with Crippen LogP contribution in [0.3, 0.4) is 0 Å². The van der Waals surface area contributed by atoms with Gasteiger partial charge in [0.2, 0.25) is 5.91 Å². The molecule has 16 heavy (non-hydrogen) atoms. The van der Waals surface area contributed by atoms with Gasteiger partial charge in [0.15, 0.2) is 0 Å². The summed E-state index contributed by atoms with van der Waals surface area (Å²) in [6.45, 7) is 7.03. The standard InChI is InChI=1S/C11H22N2O3/c1-4-9(10(12)15)13-5-8(6-14)16-11(2,3)7-13/h8-9,14H,4-7H2,1-3H3,(H2,12,15). The SMILES string of the molecule is CCC(C(N)=O)N1CC(CO)OC(C)(C)C1. The van der Waals surface area contributed by atoms with E-state index >= 15 is 0 Å². The second-order valence-electron chi connectivity index (χ2n) is 4.94. The average Bonchev–Trinajstić information content (AvgIpc) is 2.15. The van der Waals surface area contributed by atoms with E-state index in [1.165, 1.54) is 0 Å². The van der Waals surface area contributed by atoms with E-state index in [2.05, 4.69) is 0 Å². The largest absolute Gasteiger partial charge is 0.394 e. The Morgan fingerprint density at radius 2 is 2.31 bits per heavy atom. The van der Waals surface area contributed by atoms with Crippen LogP contribution in [0.2, 0.25) is 0 Å². The maximum Gasteiger partial charge on any atom is 0.234 e. The van der Waals surface area contributed by atoms with Gasteiger partial charge in [-0.05, 0) is 20.3 Å². The molecule has 0 bridgehead atoms. The van der Waals surface area contributed by atoms with Crippen molar-refractivity contribution in [1.29, 1.82) is 0 Å². The first kappa shape index (κ1) is 13.4. The molecule has 94 valence electrons. The van der Waals surface area contributed by atoms with Gasteiger partial charge in [-0.25, -0.2) is 0 Å². The maximum atomic E-state index is 11.3. The molecule has 2 unspecified atom stereocenters. The Bertz CT molecular complexity index is 256. The molecule has 2 atom stereocenters. The van der Waals surface area contributed by atoms with Crippen LogP contribution >= 0.6 is 0 Å². The van der Waals surface area contributed by atoms with Crippen LogP contribution in [0.1, 0.15) is 27.2 Å². The number of rotatable bonds is 4. The predicted octanol–water partition coefficient (Wildman–Crippen LogP) is -0.278.